The van der Waals surface area contributed by atoms with Gasteiger partial charge in [-0.15, -0.1) is 0 Å². The smallest absolute Gasteiger partial charge is 0.261 e. The fourth-order valence-electron chi connectivity index (χ4n) is 1.95. The maximum atomic E-state index is 12.2. The van der Waals surface area contributed by atoms with Gasteiger partial charge in [-0.25, -0.2) is 8.42 Å². The molecule has 4 nitrogen and oxygen atoms in total. The Hall–Kier alpha value is -2.40. The molecule has 1 aromatic heterocycles. The molecular formula is C15H12N2O2S. The van der Waals surface area contributed by atoms with Crippen molar-refractivity contribution in [3.05, 3.63) is 66.9 Å². The van der Waals surface area contributed by atoms with Crippen molar-refractivity contribution in [1.29, 1.82) is 0 Å². The van der Waals surface area contributed by atoms with E-state index in [4.69, 9.17) is 0 Å². The average Bonchev–Trinajstić information content (AvgIpc) is 2.48. The number of nitrogens with one attached hydrogen (secondary N) is 1. The Bertz CT molecular complexity index is 846. The molecular weight excluding hydrogens is 272 g/mol. The fraction of sp³-hybridized carbons (Fsp3) is 0. The van der Waals surface area contributed by atoms with Gasteiger partial charge in [0, 0.05) is 17.3 Å². The number of pyridine rings is 1. The molecule has 0 spiro atoms. The normalized spacial score (nSPS) is 11.4. The standard InChI is InChI=1S/C15H12N2O2S/c18-20(19,14-6-2-1-3-7-14)17-13-8-9-15-12(11-13)5-4-10-16-15/h1-11,17H. The van der Waals surface area contributed by atoms with Crippen molar-refractivity contribution in [3.63, 3.8) is 0 Å². The molecule has 2 aromatic carbocycles. The highest BCUT2D eigenvalue weighted by molar-refractivity contribution is 7.92. The minimum absolute atomic E-state index is 0.242. The lowest BCUT2D eigenvalue weighted by Gasteiger charge is -2.08. The van der Waals surface area contributed by atoms with Gasteiger partial charge in [0.25, 0.3) is 10.0 Å². The molecule has 0 fully saturated rings. The summed E-state index contributed by atoms with van der Waals surface area (Å²) in [6.07, 6.45) is 1.70. The summed E-state index contributed by atoms with van der Waals surface area (Å²) in [4.78, 5) is 4.44. The Labute approximate surface area is 117 Å². The van der Waals surface area contributed by atoms with Crippen molar-refractivity contribution in [2.75, 3.05) is 4.72 Å². The summed E-state index contributed by atoms with van der Waals surface area (Å²) in [5, 5.41) is 0.890. The third kappa shape index (κ3) is 2.48. The van der Waals surface area contributed by atoms with Crippen LogP contribution < -0.4 is 4.72 Å². The van der Waals surface area contributed by atoms with Crippen LogP contribution in [0.3, 0.4) is 0 Å². The molecule has 100 valence electrons. The van der Waals surface area contributed by atoms with E-state index in [2.05, 4.69) is 9.71 Å². The minimum Gasteiger partial charge on any atom is -0.280 e. The number of hydrogen-bond donors (Lipinski definition) is 1. The molecule has 0 amide bonds. The van der Waals surface area contributed by atoms with Gasteiger partial charge in [0.15, 0.2) is 0 Å². The van der Waals surface area contributed by atoms with E-state index >= 15 is 0 Å². The summed E-state index contributed by atoms with van der Waals surface area (Å²) >= 11 is 0. The van der Waals surface area contributed by atoms with Gasteiger partial charge in [0.2, 0.25) is 0 Å². The molecule has 0 saturated heterocycles. The van der Waals surface area contributed by atoms with E-state index in [0.717, 1.165) is 10.9 Å². The van der Waals surface area contributed by atoms with Crippen LogP contribution in [0.2, 0.25) is 0 Å². The summed E-state index contributed by atoms with van der Waals surface area (Å²) in [5.74, 6) is 0. The van der Waals surface area contributed by atoms with Crippen molar-refractivity contribution >= 4 is 26.6 Å². The van der Waals surface area contributed by atoms with E-state index in [-0.39, 0.29) is 4.90 Å². The van der Waals surface area contributed by atoms with E-state index in [1.165, 1.54) is 0 Å². The Morgan fingerprint density at radius 1 is 0.900 bits per heavy atom. The van der Waals surface area contributed by atoms with Crippen LogP contribution in [0.5, 0.6) is 0 Å². The van der Waals surface area contributed by atoms with Crippen molar-refractivity contribution < 1.29 is 8.42 Å². The van der Waals surface area contributed by atoms with Gasteiger partial charge in [-0.3, -0.25) is 9.71 Å². The summed E-state index contributed by atoms with van der Waals surface area (Å²) in [6.45, 7) is 0. The maximum absolute atomic E-state index is 12.2. The second-order valence-electron chi connectivity index (χ2n) is 4.33. The Kier molecular flexibility index (Phi) is 3.12. The van der Waals surface area contributed by atoms with Gasteiger partial charge in [-0.2, -0.15) is 0 Å². The molecule has 20 heavy (non-hydrogen) atoms. The first kappa shape index (κ1) is 12.6. The fourth-order valence-corrected chi connectivity index (χ4v) is 3.02. The van der Waals surface area contributed by atoms with E-state index in [9.17, 15) is 8.42 Å². The highest BCUT2D eigenvalue weighted by Gasteiger charge is 2.13. The first-order chi connectivity index (χ1) is 9.65. The predicted octanol–water partition coefficient (Wildman–Crippen LogP) is 3.04. The molecule has 3 rings (SSSR count). The molecule has 0 saturated carbocycles. The predicted molar refractivity (Wildman–Crippen MR) is 79.0 cm³/mol. The number of anilines is 1. The van der Waals surface area contributed by atoms with E-state index in [1.54, 1.807) is 54.7 Å². The van der Waals surface area contributed by atoms with Crippen LogP contribution >= 0.6 is 0 Å². The number of nitrogens with zero attached hydrogens (tertiary/aromatic N) is 1. The van der Waals surface area contributed by atoms with Crippen molar-refractivity contribution in [2.45, 2.75) is 4.90 Å². The molecule has 0 atom stereocenters. The van der Waals surface area contributed by atoms with Crippen LogP contribution in [0, 0.1) is 0 Å². The number of sulfonamides is 1. The zero-order valence-corrected chi connectivity index (χ0v) is 11.3. The number of rotatable bonds is 3. The number of fused-ring (bicyclic) bond motifs is 1. The molecule has 0 radical (unpaired) electrons. The monoisotopic (exact) mass is 284 g/mol. The van der Waals surface area contributed by atoms with Crippen LogP contribution in [0.25, 0.3) is 10.9 Å². The molecule has 1 N–H and O–H groups in total. The molecule has 0 unspecified atom stereocenters. The summed E-state index contributed by atoms with van der Waals surface area (Å²) in [5.41, 5.74) is 1.35. The lowest BCUT2D eigenvalue weighted by atomic mass is 10.2. The lowest BCUT2D eigenvalue weighted by molar-refractivity contribution is 0.601. The van der Waals surface area contributed by atoms with Crippen LogP contribution in [0.1, 0.15) is 0 Å². The highest BCUT2D eigenvalue weighted by atomic mass is 32.2. The highest BCUT2D eigenvalue weighted by Crippen LogP contribution is 2.20. The van der Waals surface area contributed by atoms with Gasteiger partial charge in [-0.1, -0.05) is 24.3 Å². The largest absolute Gasteiger partial charge is 0.280 e. The molecule has 0 aliphatic heterocycles. The molecule has 5 heteroatoms. The number of aromatic nitrogens is 1. The first-order valence-electron chi connectivity index (χ1n) is 6.08. The summed E-state index contributed by atoms with van der Waals surface area (Å²) in [7, 11) is -3.55. The molecule has 0 aliphatic rings. The van der Waals surface area contributed by atoms with E-state index < -0.39 is 10.0 Å². The van der Waals surface area contributed by atoms with Gasteiger partial charge in [-0.05, 0) is 36.4 Å². The molecule has 1 heterocycles. The Morgan fingerprint density at radius 3 is 2.50 bits per heavy atom. The molecule has 0 bridgehead atoms. The zero-order valence-electron chi connectivity index (χ0n) is 10.5. The van der Waals surface area contributed by atoms with Crippen LogP contribution in [-0.4, -0.2) is 13.4 Å². The van der Waals surface area contributed by atoms with Gasteiger partial charge in [0.05, 0.1) is 10.4 Å². The summed E-state index contributed by atoms with van der Waals surface area (Å²) < 4.78 is 27.0. The zero-order chi connectivity index (χ0) is 14.0. The Morgan fingerprint density at radius 2 is 1.70 bits per heavy atom. The quantitative estimate of drug-likeness (QED) is 0.804. The topological polar surface area (TPSA) is 59.1 Å². The van der Waals surface area contributed by atoms with Gasteiger partial charge < -0.3 is 0 Å². The van der Waals surface area contributed by atoms with Crippen LogP contribution in [0.4, 0.5) is 5.69 Å². The van der Waals surface area contributed by atoms with Crippen LogP contribution in [0.15, 0.2) is 71.8 Å². The van der Waals surface area contributed by atoms with Gasteiger partial charge in [0.1, 0.15) is 0 Å². The van der Waals surface area contributed by atoms with E-state index in [1.807, 2.05) is 12.1 Å². The SMILES string of the molecule is O=S(=O)(Nc1ccc2ncccc2c1)c1ccccc1. The second kappa shape index (κ2) is 4.94. The number of benzene rings is 2. The van der Waals surface area contributed by atoms with E-state index in [0.29, 0.717) is 5.69 Å². The van der Waals surface area contributed by atoms with Crippen molar-refractivity contribution in [3.8, 4) is 0 Å². The maximum Gasteiger partial charge on any atom is 0.261 e. The average molecular weight is 284 g/mol. The third-order valence-electron chi connectivity index (χ3n) is 2.91. The van der Waals surface area contributed by atoms with Crippen molar-refractivity contribution in [2.24, 2.45) is 0 Å². The molecule has 0 aliphatic carbocycles. The molecule has 3 aromatic rings. The lowest BCUT2D eigenvalue weighted by Crippen LogP contribution is -2.12. The third-order valence-corrected chi connectivity index (χ3v) is 4.31. The second-order valence-corrected chi connectivity index (χ2v) is 6.01. The van der Waals surface area contributed by atoms with Crippen LogP contribution in [-0.2, 0) is 10.0 Å². The van der Waals surface area contributed by atoms with Gasteiger partial charge >= 0.3 is 0 Å². The summed E-state index contributed by atoms with van der Waals surface area (Å²) in [6, 6.07) is 17.3. The first-order valence-corrected chi connectivity index (χ1v) is 7.56. The minimum atomic E-state index is -3.55. The Balaban J connectivity index is 1.97. The number of hydrogen-bond acceptors (Lipinski definition) is 3. The van der Waals surface area contributed by atoms with Crippen molar-refractivity contribution in [1.82, 2.24) is 4.98 Å².